The molecule has 0 unspecified atom stereocenters. The van der Waals surface area contributed by atoms with Crippen molar-refractivity contribution in [3.05, 3.63) is 59.2 Å². The zero-order chi connectivity index (χ0) is 20.4. The van der Waals surface area contributed by atoms with Crippen LogP contribution in [0.1, 0.15) is 16.7 Å². The second kappa shape index (κ2) is 8.13. The summed E-state index contributed by atoms with van der Waals surface area (Å²) in [6.45, 7) is 6.29. The average molecular weight is 407 g/mol. The zero-order valence-corrected chi connectivity index (χ0v) is 17.3. The van der Waals surface area contributed by atoms with Crippen LogP contribution >= 0.6 is 11.8 Å². The van der Waals surface area contributed by atoms with Crippen molar-refractivity contribution in [2.75, 3.05) is 17.9 Å². The molecule has 1 amide bonds. The molecule has 0 atom stereocenters. The number of aromatic nitrogens is 2. The Balaban J connectivity index is 1.37. The molecule has 2 aromatic carbocycles. The summed E-state index contributed by atoms with van der Waals surface area (Å²) in [6, 6.07) is 13.6. The van der Waals surface area contributed by atoms with Gasteiger partial charge in [-0.3, -0.25) is 4.79 Å². The number of ether oxygens (including phenoxy) is 2. The Labute approximate surface area is 173 Å². The van der Waals surface area contributed by atoms with E-state index < -0.39 is 0 Å². The van der Waals surface area contributed by atoms with Crippen LogP contribution in [0.15, 0.2) is 47.5 Å². The number of nitrogens with zero attached hydrogens (tertiary/aromatic N) is 2. The predicted octanol–water partition coefficient (Wildman–Crippen LogP) is 4.53. The SMILES string of the molecule is Cc1cc(C)c(NC(=O)CSc2ccc(-c3ccc4c(c3)OCO4)nn2)c(C)c1. The topological polar surface area (TPSA) is 73.3 Å². The van der Waals surface area contributed by atoms with Gasteiger partial charge in [0, 0.05) is 11.3 Å². The molecule has 4 rings (SSSR count). The number of anilines is 1. The van der Waals surface area contributed by atoms with E-state index in [-0.39, 0.29) is 18.5 Å². The summed E-state index contributed by atoms with van der Waals surface area (Å²) < 4.78 is 10.7. The Morgan fingerprint density at radius 3 is 2.48 bits per heavy atom. The Kier molecular flexibility index (Phi) is 5.40. The summed E-state index contributed by atoms with van der Waals surface area (Å²) in [7, 11) is 0. The van der Waals surface area contributed by atoms with Gasteiger partial charge in [-0.25, -0.2) is 0 Å². The fourth-order valence-electron chi connectivity index (χ4n) is 3.30. The molecule has 0 saturated heterocycles. The quantitative estimate of drug-likeness (QED) is 0.627. The molecule has 29 heavy (non-hydrogen) atoms. The normalized spacial score (nSPS) is 12.1. The standard InChI is InChI=1S/C22H21N3O3S/c1-13-8-14(2)22(15(3)9-13)23-20(26)11-29-21-7-5-17(24-25-21)16-4-6-18-19(10-16)28-12-27-18/h4-10H,11-12H2,1-3H3,(H,23,26). The van der Waals surface area contributed by atoms with E-state index >= 15 is 0 Å². The highest BCUT2D eigenvalue weighted by molar-refractivity contribution is 7.99. The van der Waals surface area contributed by atoms with E-state index in [4.69, 9.17) is 9.47 Å². The van der Waals surface area contributed by atoms with Crippen LogP contribution in [-0.4, -0.2) is 28.7 Å². The number of thioether (sulfide) groups is 1. The van der Waals surface area contributed by atoms with Crippen LogP contribution in [0.4, 0.5) is 5.69 Å². The van der Waals surface area contributed by atoms with E-state index in [0.717, 1.165) is 33.8 Å². The Morgan fingerprint density at radius 2 is 1.76 bits per heavy atom. The third kappa shape index (κ3) is 4.35. The van der Waals surface area contributed by atoms with Gasteiger partial charge in [0.25, 0.3) is 0 Å². The van der Waals surface area contributed by atoms with Crippen LogP contribution in [0.2, 0.25) is 0 Å². The van der Waals surface area contributed by atoms with E-state index in [1.54, 1.807) is 0 Å². The molecular weight excluding hydrogens is 386 g/mol. The second-order valence-corrected chi connectivity index (χ2v) is 7.93. The molecule has 3 aromatic rings. The van der Waals surface area contributed by atoms with Crippen molar-refractivity contribution in [2.45, 2.75) is 25.8 Å². The minimum Gasteiger partial charge on any atom is -0.454 e. The average Bonchev–Trinajstić information content (AvgIpc) is 3.17. The third-order valence-corrected chi connectivity index (χ3v) is 5.52. The van der Waals surface area contributed by atoms with Gasteiger partial charge in [0.1, 0.15) is 5.03 Å². The number of fused-ring (bicyclic) bond motifs is 1. The van der Waals surface area contributed by atoms with Crippen LogP contribution in [0, 0.1) is 20.8 Å². The molecule has 0 aliphatic carbocycles. The van der Waals surface area contributed by atoms with Crippen LogP contribution in [-0.2, 0) is 4.79 Å². The van der Waals surface area contributed by atoms with Gasteiger partial charge in [-0.2, -0.15) is 0 Å². The number of hydrogen-bond donors (Lipinski definition) is 1. The van der Waals surface area contributed by atoms with Gasteiger partial charge in [0.15, 0.2) is 11.5 Å². The largest absolute Gasteiger partial charge is 0.454 e. The Morgan fingerprint density at radius 1 is 1.00 bits per heavy atom. The van der Waals surface area contributed by atoms with Gasteiger partial charge in [-0.15, -0.1) is 10.2 Å². The predicted molar refractivity (Wildman–Crippen MR) is 114 cm³/mol. The van der Waals surface area contributed by atoms with Crippen LogP contribution in [0.3, 0.4) is 0 Å². The molecular formula is C22H21N3O3S. The number of carbonyl (C=O) groups is 1. The lowest BCUT2D eigenvalue weighted by molar-refractivity contribution is -0.113. The molecule has 148 valence electrons. The molecule has 0 spiro atoms. The van der Waals surface area contributed by atoms with E-state index in [0.29, 0.717) is 10.8 Å². The van der Waals surface area contributed by atoms with Gasteiger partial charge in [-0.1, -0.05) is 29.5 Å². The molecule has 1 aliphatic heterocycles. The van der Waals surface area contributed by atoms with Crippen molar-refractivity contribution in [1.29, 1.82) is 0 Å². The van der Waals surface area contributed by atoms with Gasteiger partial charge in [-0.05, 0) is 62.2 Å². The van der Waals surface area contributed by atoms with Gasteiger partial charge < -0.3 is 14.8 Å². The summed E-state index contributed by atoms with van der Waals surface area (Å²) in [4.78, 5) is 12.4. The lowest BCUT2D eigenvalue weighted by atomic mass is 10.1. The summed E-state index contributed by atoms with van der Waals surface area (Å²) in [5, 5.41) is 12.2. The molecule has 0 fully saturated rings. The number of aryl methyl sites for hydroxylation is 3. The van der Waals surface area contributed by atoms with Gasteiger partial charge >= 0.3 is 0 Å². The minimum atomic E-state index is -0.0632. The van der Waals surface area contributed by atoms with Crippen molar-refractivity contribution < 1.29 is 14.3 Å². The first-order valence-corrected chi connectivity index (χ1v) is 10.2. The lowest BCUT2D eigenvalue weighted by Crippen LogP contribution is -2.16. The number of nitrogens with one attached hydrogen (secondary N) is 1. The molecule has 2 heterocycles. The van der Waals surface area contributed by atoms with Crippen molar-refractivity contribution >= 4 is 23.4 Å². The molecule has 6 nitrogen and oxygen atoms in total. The van der Waals surface area contributed by atoms with Crippen LogP contribution < -0.4 is 14.8 Å². The maximum Gasteiger partial charge on any atom is 0.234 e. The van der Waals surface area contributed by atoms with Crippen molar-refractivity contribution in [2.24, 2.45) is 0 Å². The summed E-state index contributed by atoms with van der Waals surface area (Å²) in [5.41, 5.74) is 5.84. The summed E-state index contributed by atoms with van der Waals surface area (Å²) in [5.74, 6) is 1.65. The minimum absolute atomic E-state index is 0.0632. The highest BCUT2D eigenvalue weighted by atomic mass is 32.2. The number of hydrogen-bond acceptors (Lipinski definition) is 6. The van der Waals surface area contributed by atoms with Gasteiger partial charge in [0.05, 0.1) is 11.4 Å². The maximum absolute atomic E-state index is 12.4. The Hall–Kier alpha value is -3.06. The molecule has 1 N–H and O–H groups in total. The fraction of sp³-hybridized carbons (Fsp3) is 0.227. The van der Waals surface area contributed by atoms with E-state index in [1.165, 1.54) is 17.3 Å². The fourth-order valence-corrected chi connectivity index (χ4v) is 3.91. The number of benzene rings is 2. The monoisotopic (exact) mass is 407 g/mol. The molecule has 7 heteroatoms. The number of rotatable bonds is 5. The van der Waals surface area contributed by atoms with Crippen molar-refractivity contribution in [1.82, 2.24) is 10.2 Å². The summed E-state index contributed by atoms with van der Waals surface area (Å²) >= 11 is 1.36. The highest BCUT2D eigenvalue weighted by Gasteiger charge is 2.15. The molecule has 1 aliphatic rings. The first kappa shape index (κ1) is 19.3. The zero-order valence-electron chi connectivity index (χ0n) is 16.5. The molecule has 0 saturated carbocycles. The summed E-state index contributed by atoms with van der Waals surface area (Å²) in [6.07, 6.45) is 0. The molecule has 1 aromatic heterocycles. The van der Waals surface area contributed by atoms with Crippen molar-refractivity contribution in [3.63, 3.8) is 0 Å². The molecule has 0 radical (unpaired) electrons. The van der Waals surface area contributed by atoms with Crippen LogP contribution in [0.5, 0.6) is 11.5 Å². The van der Waals surface area contributed by atoms with Crippen LogP contribution in [0.25, 0.3) is 11.3 Å². The number of carbonyl (C=O) groups excluding carboxylic acids is 1. The van der Waals surface area contributed by atoms with E-state index in [2.05, 4.69) is 27.6 Å². The van der Waals surface area contributed by atoms with E-state index in [9.17, 15) is 4.79 Å². The number of amides is 1. The second-order valence-electron chi connectivity index (χ2n) is 6.94. The smallest absolute Gasteiger partial charge is 0.234 e. The first-order chi connectivity index (χ1) is 14.0. The highest BCUT2D eigenvalue weighted by Crippen LogP contribution is 2.35. The first-order valence-electron chi connectivity index (χ1n) is 9.24. The Bertz CT molecular complexity index is 1040. The lowest BCUT2D eigenvalue weighted by Gasteiger charge is -2.12. The maximum atomic E-state index is 12.4. The molecule has 0 bridgehead atoms. The van der Waals surface area contributed by atoms with Crippen molar-refractivity contribution in [3.8, 4) is 22.8 Å². The third-order valence-electron chi connectivity index (χ3n) is 4.60. The van der Waals surface area contributed by atoms with E-state index in [1.807, 2.05) is 51.1 Å². The van der Waals surface area contributed by atoms with Gasteiger partial charge in [0.2, 0.25) is 12.7 Å².